The van der Waals surface area contributed by atoms with Gasteiger partial charge in [-0.05, 0) is 78.2 Å². The number of carbonyl (C=O) groups excluding carboxylic acids is 1. The molecule has 1 unspecified atom stereocenters. The van der Waals surface area contributed by atoms with E-state index < -0.39 is 11.7 Å². The third-order valence-electron chi connectivity index (χ3n) is 5.01. The zero-order chi connectivity index (χ0) is 22.6. The molecule has 1 aromatic heterocycles. The van der Waals surface area contributed by atoms with E-state index in [0.717, 1.165) is 42.0 Å². The fourth-order valence-corrected chi connectivity index (χ4v) is 5.31. The second-order valence-electron chi connectivity index (χ2n) is 7.34. The van der Waals surface area contributed by atoms with Crippen molar-refractivity contribution in [1.82, 2.24) is 9.62 Å². The summed E-state index contributed by atoms with van der Waals surface area (Å²) < 4.78 is 45.9. The normalized spacial score (nSPS) is 16.8. The lowest BCUT2D eigenvalue weighted by atomic mass is 10.2. The molecule has 2 heterocycles. The first-order valence-electron chi connectivity index (χ1n) is 10.1. The molecule has 1 fully saturated rings. The monoisotopic (exact) mass is 478 g/mol. The molecule has 32 heavy (non-hydrogen) atoms. The number of hydrogen-bond acceptors (Lipinski definition) is 5. The lowest BCUT2D eigenvalue weighted by molar-refractivity contribution is -0.137. The maximum atomic E-state index is 12.8. The summed E-state index contributed by atoms with van der Waals surface area (Å²) in [6.45, 7) is 1.21. The molecule has 4 nitrogen and oxygen atoms in total. The van der Waals surface area contributed by atoms with E-state index in [1.54, 1.807) is 41.5 Å². The van der Waals surface area contributed by atoms with Crippen molar-refractivity contribution in [2.24, 2.45) is 0 Å². The summed E-state index contributed by atoms with van der Waals surface area (Å²) >= 11 is 3.25. The van der Waals surface area contributed by atoms with Crippen LogP contribution < -0.4 is 10.1 Å². The van der Waals surface area contributed by atoms with Crippen molar-refractivity contribution in [3.05, 3.63) is 76.5 Å². The molecule has 1 atom stereocenters. The number of thiophene rings is 1. The Kier molecular flexibility index (Phi) is 7.07. The summed E-state index contributed by atoms with van der Waals surface area (Å²) in [7, 11) is 0. The lowest BCUT2D eigenvalue weighted by Gasteiger charge is -2.22. The maximum absolute atomic E-state index is 12.8. The average Bonchev–Trinajstić information content (AvgIpc) is 3.45. The van der Waals surface area contributed by atoms with Crippen LogP contribution in [0.4, 0.5) is 13.2 Å². The van der Waals surface area contributed by atoms with Gasteiger partial charge in [0, 0.05) is 23.4 Å². The molecule has 0 spiro atoms. The van der Waals surface area contributed by atoms with Crippen LogP contribution in [0.2, 0.25) is 0 Å². The molecule has 0 aliphatic carbocycles. The van der Waals surface area contributed by atoms with Crippen LogP contribution in [-0.2, 0) is 17.5 Å². The van der Waals surface area contributed by atoms with Gasteiger partial charge in [0.15, 0.2) is 0 Å². The fraction of sp³-hybridized carbons (Fsp3) is 0.261. The lowest BCUT2D eigenvalue weighted by Crippen LogP contribution is -2.39. The zero-order valence-electron chi connectivity index (χ0n) is 17.0. The van der Waals surface area contributed by atoms with E-state index in [1.165, 1.54) is 12.1 Å². The van der Waals surface area contributed by atoms with Crippen molar-refractivity contribution in [3.63, 3.8) is 0 Å². The van der Waals surface area contributed by atoms with Gasteiger partial charge in [-0.2, -0.15) is 24.5 Å². The minimum atomic E-state index is -4.38. The third kappa shape index (κ3) is 5.85. The second-order valence-corrected chi connectivity index (χ2v) is 9.24. The van der Waals surface area contributed by atoms with Crippen molar-refractivity contribution in [3.8, 4) is 11.5 Å². The van der Waals surface area contributed by atoms with Crippen LogP contribution in [0, 0.1) is 0 Å². The zero-order valence-corrected chi connectivity index (χ0v) is 18.6. The Hall–Kier alpha value is -2.49. The minimum absolute atomic E-state index is 0.0145. The summed E-state index contributed by atoms with van der Waals surface area (Å²) in [4.78, 5) is 13.9. The Labute approximate surface area is 192 Å². The van der Waals surface area contributed by atoms with Gasteiger partial charge in [0.1, 0.15) is 11.5 Å². The Morgan fingerprint density at radius 3 is 2.69 bits per heavy atom. The van der Waals surface area contributed by atoms with Gasteiger partial charge in [-0.1, -0.05) is 12.1 Å². The van der Waals surface area contributed by atoms with Crippen LogP contribution in [0.5, 0.6) is 11.5 Å². The molecule has 3 aromatic rings. The molecule has 4 rings (SSSR count). The van der Waals surface area contributed by atoms with Crippen LogP contribution in [0.3, 0.4) is 0 Å². The summed E-state index contributed by atoms with van der Waals surface area (Å²) in [5.41, 5.74) is 0.122. The first-order chi connectivity index (χ1) is 15.4. The van der Waals surface area contributed by atoms with Crippen LogP contribution >= 0.6 is 23.3 Å². The molecular weight excluding hydrogens is 457 g/mol. The molecule has 0 bridgehead atoms. The average molecular weight is 479 g/mol. The van der Waals surface area contributed by atoms with E-state index in [0.29, 0.717) is 18.0 Å². The highest BCUT2D eigenvalue weighted by molar-refractivity contribution is 7.97. The van der Waals surface area contributed by atoms with Crippen molar-refractivity contribution in [1.29, 1.82) is 0 Å². The fourth-order valence-electron chi connectivity index (χ4n) is 3.42. The molecule has 0 radical (unpaired) electrons. The summed E-state index contributed by atoms with van der Waals surface area (Å²) in [6, 6.07) is 13.6. The van der Waals surface area contributed by atoms with Crippen molar-refractivity contribution in [2.45, 2.75) is 36.5 Å². The number of amides is 1. The van der Waals surface area contributed by atoms with E-state index in [9.17, 15) is 18.0 Å². The van der Waals surface area contributed by atoms with Crippen LogP contribution in [0.25, 0.3) is 0 Å². The number of benzene rings is 2. The van der Waals surface area contributed by atoms with Gasteiger partial charge in [-0.25, -0.2) is 4.31 Å². The van der Waals surface area contributed by atoms with Gasteiger partial charge in [0.2, 0.25) is 5.91 Å². The topological polar surface area (TPSA) is 41.6 Å². The Morgan fingerprint density at radius 2 is 1.97 bits per heavy atom. The molecule has 1 N–H and O–H groups in total. The Bertz CT molecular complexity index is 1040. The van der Waals surface area contributed by atoms with E-state index >= 15 is 0 Å². The number of nitrogens with one attached hydrogen (secondary N) is 1. The van der Waals surface area contributed by atoms with E-state index in [-0.39, 0.29) is 11.9 Å². The van der Waals surface area contributed by atoms with Crippen LogP contribution in [-0.4, -0.2) is 22.8 Å². The molecular formula is C23H21F3N2O2S2. The van der Waals surface area contributed by atoms with Crippen molar-refractivity contribution >= 4 is 29.2 Å². The molecule has 9 heteroatoms. The molecule has 0 saturated carbocycles. The number of hydrogen-bond donors (Lipinski definition) is 1. The highest BCUT2D eigenvalue weighted by Crippen LogP contribution is 2.33. The maximum Gasteiger partial charge on any atom is 0.416 e. The molecule has 2 aromatic carbocycles. The molecule has 1 saturated heterocycles. The summed E-state index contributed by atoms with van der Waals surface area (Å²) in [5.74, 6) is 0.789. The quantitative estimate of drug-likeness (QED) is 0.402. The van der Waals surface area contributed by atoms with Gasteiger partial charge in [-0.3, -0.25) is 4.79 Å². The molecule has 1 aliphatic rings. The van der Waals surface area contributed by atoms with Gasteiger partial charge >= 0.3 is 6.18 Å². The Morgan fingerprint density at radius 1 is 1.16 bits per heavy atom. The molecule has 1 aliphatic heterocycles. The highest BCUT2D eigenvalue weighted by Gasteiger charge is 2.31. The van der Waals surface area contributed by atoms with Gasteiger partial charge in [-0.15, -0.1) is 0 Å². The van der Waals surface area contributed by atoms with Crippen LogP contribution in [0.1, 0.15) is 24.0 Å². The first-order valence-corrected chi connectivity index (χ1v) is 11.8. The smallest absolute Gasteiger partial charge is 0.416 e. The van der Waals surface area contributed by atoms with Gasteiger partial charge in [0.25, 0.3) is 0 Å². The number of carbonyl (C=O) groups is 1. The first kappa shape index (κ1) is 22.7. The number of ether oxygens (including phenoxy) is 1. The van der Waals surface area contributed by atoms with Crippen molar-refractivity contribution in [2.75, 3.05) is 6.54 Å². The van der Waals surface area contributed by atoms with Gasteiger partial charge in [0.05, 0.1) is 11.6 Å². The summed E-state index contributed by atoms with van der Waals surface area (Å²) in [6.07, 6.45) is -2.58. The SMILES string of the molecule is O=C(NCc1cccc(Oc2ccc(C(F)(F)F)cc2)c1)C1CCCN1Sc1ccsc1. The van der Waals surface area contributed by atoms with E-state index in [2.05, 4.69) is 15.0 Å². The highest BCUT2D eigenvalue weighted by atomic mass is 32.2. The standard InChI is InChI=1S/C23H21F3N2O2S2/c24-23(25,26)17-6-8-18(9-7-17)30-19-4-1-3-16(13-19)14-27-22(29)21-5-2-11-28(21)32-20-10-12-31-15-20/h1,3-4,6-10,12-13,15,21H,2,5,11,14H2,(H,27,29). The predicted octanol–water partition coefficient (Wildman–Crippen LogP) is 6.35. The van der Waals surface area contributed by atoms with Gasteiger partial charge < -0.3 is 10.1 Å². The van der Waals surface area contributed by atoms with Crippen LogP contribution in [0.15, 0.2) is 70.3 Å². The largest absolute Gasteiger partial charge is 0.457 e. The van der Waals surface area contributed by atoms with E-state index in [1.807, 2.05) is 17.5 Å². The Balaban J connectivity index is 1.33. The molecule has 168 valence electrons. The van der Waals surface area contributed by atoms with E-state index in [4.69, 9.17) is 4.74 Å². The minimum Gasteiger partial charge on any atom is -0.457 e. The number of alkyl halides is 3. The number of halogens is 3. The number of rotatable bonds is 7. The summed E-state index contributed by atoms with van der Waals surface area (Å²) in [5, 5.41) is 7.08. The number of nitrogens with zero attached hydrogens (tertiary/aromatic N) is 1. The predicted molar refractivity (Wildman–Crippen MR) is 120 cm³/mol. The third-order valence-corrected chi connectivity index (χ3v) is 6.98. The molecule has 1 amide bonds. The second kappa shape index (κ2) is 9.97. The van der Waals surface area contributed by atoms with Crippen molar-refractivity contribution < 1.29 is 22.7 Å².